The summed E-state index contributed by atoms with van der Waals surface area (Å²) in [6.07, 6.45) is 0. The first kappa shape index (κ1) is 10.8. The molecule has 1 aromatic rings. The van der Waals surface area contributed by atoms with Gasteiger partial charge >= 0.3 is 0 Å². The molecular weight excluding hydrogens is 230 g/mol. The van der Waals surface area contributed by atoms with Gasteiger partial charge in [0, 0.05) is 11.1 Å². The van der Waals surface area contributed by atoms with Crippen LogP contribution in [0.25, 0.3) is 0 Å². The number of ketones is 1. The molecule has 0 saturated heterocycles. The highest BCUT2D eigenvalue weighted by Gasteiger charge is 2.22. The van der Waals surface area contributed by atoms with Gasteiger partial charge in [-0.3, -0.25) is 4.79 Å². The number of rotatable bonds is 1. The number of hydrogen-bond donors (Lipinski definition) is 0. The van der Waals surface area contributed by atoms with Gasteiger partial charge in [-0.15, -0.1) is 0 Å². The van der Waals surface area contributed by atoms with E-state index in [2.05, 4.69) is 0 Å². The van der Waals surface area contributed by atoms with E-state index in [4.69, 9.17) is 34.8 Å². The van der Waals surface area contributed by atoms with Crippen LogP contribution in [0.5, 0.6) is 0 Å². The molecule has 0 fully saturated rings. The fraction of sp³-hybridized carbons (Fsp3) is 0.222. The molecule has 0 heterocycles. The summed E-state index contributed by atoms with van der Waals surface area (Å²) in [5.74, 6) is -0.00383. The molecule has 0 spiro atoms. The molecule has 0 atom stereocenters. The summed E-state index contributed by atoms with van der Waals surface area (Å²) < 4.78 is -1.42. The van der Waals surface area contributed by atoms with E-state index < -0.39 is 3.79 Å². The summed E-state index contributed by atoms with van der Waals surface area (Å²) in [6.45, 7) is 1.49. The molecule has 0 aliphatic carbocycles. The van der Waals surface area contributed by atoms with Crippen molar-refractivity contribution in [1.29, 1.82) is 0 Å². The molecule has 0 saturated carbocycles. The molecule has 0 N–H and O–H groups in total. The Hall–Kier alpha value is -0.240. The number of halogens is 3. The Morgan fingerprint density at radius 1 is 1.15 bits per heavy atom. The van der Waals surface area contributed by atoms with Gasteiger partial charge in [0.2, 0.25) is 3.79 Å². The van der Waals surface area contributed by atoms with Crippen LogP contribution in [0, 0.1) is 0 Å². The standard InChI is InChI=1S/C9H7Cl3O/c1-6(13)7-2-4-8(5-3-7)9(10,11)12/h2-5H,1H3. The monoisotopic (exact) mass is 236 g/mol. The Labute approximate surface area is 91.6 Å². The first-order valence-electron chi connectivity index (χ1n) is 3.59. The van der Waals surface area contributed by atoms with E-state index in [1.165, 1.54) is 6.92 Å². The molecular formula is C9H7Cl3O. The summed E-state index contributed by atoms with van der Waals surface area (Å²) in [6, 6.07) is 6.53. The van der Waals surface area contributed by atoms with Gasteiger partial charge in [0.05, 0.1) is 0 Å². The van der Waals surface area contributed by atoms with E-state index in [0.29, 0.717) is 11.1 Å². The van der Waals surface area contributed by atoms with E-state index in [-0.39, 0.29) is 5.78 Å². The first-order valence-corrected chi connectivity index (χ1v) is 4.73. The lowest BCUT2D eigenvalue weighted by molar-refractivity contribution is 0.101. The van der Waals surface area contributed by atoms with Gasteiger partial charge in [-0.2, -0.15) is 0 Å². The van der Waals surface area contributed by atoms with Crippen LogP contribution < -0.4 is 0 Å². The molecule has 0 aliphatic rings. The molecule has 1 aromatic carbocycles. The van der Waals surface area contributed by atoms with Crippen LogP contribution in [-0.2, 0) is 3.79 Å². The van der Waals surface area contributed by atoms with Crippen LogP contribution in [0.1, 0.15) is 22.8 Å². The number of alkyl halides is 3. The SMILES string of the molecule is CC(=O)c1ccc(C(Cl)(Cl)Cl)cc1. The minimum absolute atomic E-state index is 0.00383. The van der Waals surface area contributed by atoms with E-state index >= 15 is 0 Å². The van der Waals surface area contributed by atoms with Crippen molar-refractivity contribution >= 4 is 40.6 Å². The summed E-state index contributed by atoms with van der Waals surface area (Å²) in [5, 5.41) is 0. The van der Waals surface area contributed by atoms with Gasteiger partial charge in [-0.1, -0.05) is 59.1 Å². The van der Waals surface area contributed by atoms with Crippen molar-refractivity contribution in [2.75, 3.05) is 0 Å². The van der Waals surface area contributed by atoms with Crippen molar-refractivity contribution < 1.29 is 4.79 Å². The predicted octanol–water partition coefficient (Wildman–Crippen LogP) is 3.72. The largest absolute Gasteiger partial charge is 0.295 e. The van der Waals surface area contributed by atoms with E-state index in [1.54, 1.807) is 24.3 Å². The summed E-state index contributed by atoms with van der Waals surface area (Å²) in [5.41, 5.74) is 1.17. The Kier molecular flexibility index (Phi) is 3.23. The lowest BCUT2D eigenvalue weighted by Crippen LogP contribution is -2.00. The second-order valence-electron chi connectivity index (χ2n) is 2.63. The third-order valence-electron chi connectivity index (χ3n) is 1.62. The summed E-state index contributed by atoms with van der Waals surface area (Å²) >= 11 is 16.9. The number of carbonyl (C=O) groups excluding carboxylic acids is 1. The molecule has 0 radical (unpaired) electrons. The number of hydrogen-bond acceptors (Lipinski definition) is 1. The van der Waals surface area contributed by atoms with Gasteiger partial charge in [0.1, 0.15) is 0 Å². The molecule has 1 nitrogen and oxygen atoms in total. The molecule has 70 valence electrons. The van der Waals surface area contributed by atoms with Crippen molar-refractivity contribution in [3.05, 3.63) is 35.4 Å². The highest BCUT2D eigenvalue weighted by Crippen LogP contribution is 2.37. The molecule has 0 unspecified atom stereocenters. The Bertz CT molecular complexity index is 311. The minimum Gasteiger partial charge on any atom is -0.295 e. The van der Waals surface area contributed by atoms with Crippen molar-refractivity contribution in [3.8, 4) is 0 Å². The predicted molar refractivity (Wildman–Crippen MR) is 55.7 cm³/mol. The molecule has 0 bridgehead atoms. The first-order chi connectivity index (χ1) is 5.91. The fourth-order valence-corrected chi connectivity index (χ4v) is 1.27. The second-order valence-corrected chi connectivity index (χ2v) is 4.91. The highest BCUT2D eigenvalue weighted by atomic mass is 35.6. The highest BCUT2D eigenvalue weighted by molar-refractivity contribution is 6.66. The quantitative estimate of drug-likeness (QED) is 0.537. The molecule has 0 amide bonds. The molecule has 1 rings (SSSR count). The van der Waals surface area contributed by atoms with Gasteiger partial charge < -0.3 is 0 Å². The summed E-state index contributed by atoms with van der Waals surface area (Å²) in [4.78, 5) is 10.9. The number of benzene rings is 1. The van der Waals surface area contributed by atoms with Crippen LogP contribution in [0.2, 0.25) is 0 Å². The van der Waals surface area contributed by atoms with E-state index in [9.17, 15) is 4.79 Å². The molecule has 13 heavy (non-hydrogen) atoms. The average molecular weight is 238 g/mol. The van der Waals surface area contributed by atoms with Gasteiger partial charge in [-0.25, -0.2) is 0 Å². The van der Waals surface area contributed by atoms with Gasteiger partial charge in [-0.05, 0) is 6.92 Å². The maximum absolute atomic E-state index is 10.9. The van der Waals surface area contributed by atoms with Crippen molar-refractivity contribution in [1.82, 2.24) is 0 Å². The molecule has 0 aliphatic heterocycles. The maximum Gasteiger partial charge on any atom is 0.216 e. The van der Waals surface area contributed by atoms with Gasteiger partial charge in [0.15, 0.2) is 5.78 Å². The van der Waals surface area contributed by atoms with Crippen LogP contribution in [0.4, 0.5) is 0 Å². The zero-order valence-electron chi connectivity index (χ0n) is 6.85. The Morgan fingerprint density at radius 3 is 1.92 bits per heavy atom. The van der Waals surface area contributed by atoms with Crippen molar-refractivity contribution in [2.45, 2.75) is 10.7 Å². The Balaban J connectivity index is 3.01. The van der Waals surface area contributed by atoms with Crippen LogP contribution in [0.15, 0.2) is 24.3 Å². The molecule has 4 heteroatoms. The van der Waals surface area contributed by atoms with Crippen LogP contribution in [0.3, 0.4) is 0 Å². The van der Waals surface area contributed by atoms with Crippen molar-refractivity contribution in [2.24, 2.45) is 0 Å². The topological polar surface area (TPSA) is 17.1 Å². The van der Waals surface area contributed by atoms with Gasteiger partial charge in [0.25, 0.3) is 0 Å². The van der Waals surface area contributed by atoms with E-state index in [0.717, 1.165) is 0 Å². The average Bonchev–Trinajstić information content (AvgIpc) is 2.03. The zero-order chi connectivity index (χ0) is 10.1. The normalized spacial score (nSPS) is 11.4. The smallest absolute Gasteiger partial charge is 0.216 e. The summed E-state index contributed by atoms with van der Waals surface area (Å²) in [7, 11) is 0. The lowest BCUT2D eigenvalue weighted by atomic mass is 10.1. The molecule has 0 aromatic heterocycles. The number of carbonyl (C=O) groups is 1. The van der Waals surface area contributed by atoms with Crippen LogP contribution in [-0.4, -0.2) is 5.78 Å². The third-order valence-corrected chi connectivity index (χ3v) is 2.27. The van der Waals surface area contributed by atoms with E-state index in [1.807, 2.05) is 0 Å². The maximum atomic E-state index is 10.9. The minimum atomic E-state index is -1.42. The Morgan fingerprint density at radius 2 is 1.62 bits per heavy atom. The number of Topliss-reactive ketones (excluding diaryl/α,β-unsaturated/α-hetero) is 1. The second kappa shape index (κ2) is 3.87. The van der Waals surface area contributed by atoms with Crippen molar-refractivity contribution in [3.63, 3.8) is 0 Å². The zero-order valence-corrected chi connectivity index (χ0v) is 9.12. The lowest BCUT2D eigenvalue weighted by Gasteiger charge is -2.10. The van der Waals surface area contributed by atoms with Crippen LogP contribution >= 0.6 is 34.8 Å². The third kappa shape index (κ3) is 2.87. The fourth-order valence-electron chi connectivity index (χ4n) is 0.894.